The van der Waals surface area contributed by atoms with Gasteiger partial charge in [0.1, 0.15) is 0 Å². The summed E-state index contributed by atoms with van der Waals surface area (Å²) in [5.41, 5.74) is 0. The van der Waals surface area contributed by atoms with Gasteiger partial charge in [0.15, 0.2) is 0 Å². The lowest BCUT2D eigenvalue weighted by atomic mass is 10.0. The fourth-order valence-corrected chi connectivity index (χ4v) is 2.86. The smallest absolute Gasteiger partial charge is 0.496 e. The van der Waals surface area contributed by atoms with Crippen LogP contribution in [-0.2, 0) is 8.58 Å². The van der Waals surface area contributed by atoms with Gasteiger partial charge in [-0.15, -0.1) is 0 Å². The molecule has 2 nitrogen and oxygen atoms in total. The zero-order chi connectivity index (χ0) is 15.6. The van der Waals surface area contributed by atoms with Gasteiger partial charge in [-0.05, 0) is 6.42 Å². The Bertz CT molecular complexity index is 219. The highest BCUT2D eigenvalue weighted by Gasteiger charge is 1.98. The Labute approximate surface area is 141 Å². The first-order chi connectivity index (χ1) is 10.3. The maximum Gasteiger partial charge on any atom is 0.496 e. The van der Waals surface area contributed by atoms with Gasteiger partial charge in [-0.1, -0.05) is 96.8 Å². The summed E-state index contributed by atoms with van der Waals surface area (Å²) in [7, 11) is 0. The molecule has 0 amide bonds. The van der Waals surface area contributed by atoms with E-state index < -0.39 is 0 Å². The normalized spacial score (nSPS) is 10.7. The lowest BCUT2D eigenvalue weighted by molar-refractivity contribution is -0.134. The van der Waals surface area contributed by atoms with Crippen LogP contribution in [0.3, 0.4) is 0 Å². The summed E-state index contributed by atoms with van der Waals surface area (Å²) < 4.78 is 4.66. The molecule has 0 aromatic carbocycles. The van der Waals surface area contributed by atoms with Gasteiger partial charge < -0.3 is 3.79 Å². The zero-order valence-corrected chi connectivity index (χ0v) is 15.8. The number of unbranched alkanes of at least 4 members (excludes halogenated alkanes) is 14. The Hall–Kier alpha value is 0.00247. The molecule has 0 aliphatic carbocycles. The van der Waals surface area contributed by atoms with Crippen LogP contribution in [0.25, 0.3) is 0 Å². The summed E-state index contributed by atoms with van der Waals surface area (Å²) in [5.74, 6) is -0.0528. The molecule has 0 atom stereocenters. The van der Waals surface area contributed by atoms with Crippen molar-refractivity contribution >= 4 is 22.6 Å². The van der Waals surface area contributed by atoms with Gasteiger partial charge in [-0.2, -0.15) is 0 Å². The van der Waals surface area contributed by atoms with Crippen molar-refractivity contribution in [3.05, 3.63) is 0 Å². The Kier molecular flexibility index (Phi) is 18.1. The molecule has 0 aromatic rings. The van der Waals surface area contributed by atoms with Crippen LogP contribution in [0.5, 0.6) is 0 Å². The van der Waals surface area contributed by atoms with Gasteiger partial charge in [0.2, 0.25) is 0 Å². The molecule has 0 rings (SSSR count). The van der Waals surface area contributed by atoms with Crippen molar-refractivity contribution in [1.29, 1.82) is 0 Å². The van der Waals surface area contributed by atoms with E-state index in [1.165, 1.54) is 107 Å². The van der Waals surface area contributed by atoms with Gasteiger partial charge >= 0.3 is 16.6 Å². The van der Waals surface area contributed by atoms with Gasteiger partial charge in [0.25, 0.3) is 5.97 Å². The average Bonchev–Trinajstić information content (AvgIpc) is 2.50. The molecular weight excluding hydrogens is 275 g/mol. The van der Waals surface area contributed by atoms with E-state index in [1.54, 1.807) is 0 Å². The number of hydrogen-bond acceptors (Lipinski definition) is 2. The molecule has 0 fully saturated rings. The predicted molar refractivity (Wildman–Crippen MR) is 92.8 cm³/mol. The summed E-state index contributed by atoms with van der Waals surface area (Å²) in [6.07, 6.45) is 21.0. The molecule has 1 radical (unpaired) electrons. The molecule has 3 heteroatoms. The van der Waals surface area contributed by atoms with Gasteiger partial charge in [-0.25, -0.2) is 0 Å². The van der Waals surface area contributed by atoms with Crippen LogP contribution >= 0.6 is 0 Å². The van der Waals surface area contributed by atoms with Crippen molar-refractivity contribution < 1.29 is 8.58 Å². The minimum atomic E-state index is -0.0528. The Morgan fingerprint density at radius 1 is 0.667 bits per heavy atom. The molecular formula is C18H36AlO2. The average molecular weight is 311 g/mol. The fourth-order valence-electron chi connectivity index (χ4n) is 2.71. The fraction of sp³-hybridized carbons (Fsp3) is 0.944. The molecule has 21 heavy (non-hydrogen) atoms. The summed E-state index contributed by atoms with van der Waals surface area (Å²) in [5, 5.41) is 0. The topological polar surface area (TPSA) is 26.3 Å². The van der Waals surface area contributed by atoms with Crippen molar-refractivity contribution in [3.8, 4) is 0 Å². The SMILES string of the molecule is CCCCCCCCCCCCCCCCCC(=O)[O][AlH]. The summed E-state index contributed by atoms with van der Waals surface area (Å²) in [4.78, 5) is 10.9. The van der Waals surface area contributed by atoms with E-state index >= 15 is 0 Å². The Morgan fingerprint density at radius 2 is 1.00 bits per heavy atom. The van der Waals surface area contributed by atoms with E-state index in [1.807, 2.05) is 0 Å². The third-order valence-electron chi connectivity index (χ3n) is 4.15. The molecule has 0 saturated heterocycles. The molecule has 0 bridgehead atoms. The molecule has 123 valence electrons. The molecule has 0 spiro atoms. The molecule has 0 aliphatic heterocycles. The lowest BCUT2D eigenvalue weighted by Crippen LogP contribution is -2.00. The third-order valence-corrected chi connectivity index (χ3v) is 4.47. The van der Waals surface area contributed by atoms with Crippen molar-refractivity contribution in [2.75, 3.05) is 0 Å². The quantitative estimate of drug-likeness (QED) is 0.274. The van der Waals surface area contributed by atoms with E-state index in [4.69, 9.17) is 0 Å². The standard InChI is InChI=1S/C18H36O2.Al.H/c1-2-3-4-5-6-7-8-9-10-11-12-13-14-15-16-17-18(19)20;;/h2-17H2,1H3,(H,19,20);;/q;+1;/p-1. The molecule has 0 heterocycles. The highest BCUT2D eigenvalue weighted by Crippen LogP contribution is 2.13. The minimum absolute atomic E-state index is 0.0528. The second-order valence-electron chi connectivity index (χ2n) is 6.22. The van der Waals surface area contributed by atoms with Gasteiger partial charge in [0.05, 0.1) is 0 Å². The molecule has 0 N–H and O–H groups in total. The monoisotopic (exact) mass is 311 g/mol. The highest BCUT2D eigenvalue weighted by atomic mass is 27.1. The first-order valence-corrected chi connectivity index (χ1v) is 9.83. The van der Waals surface area contributed by atoms with Crippen LogP contribution in [-0.4, -0.2) is 22.6 Å². The highest BCUT2D eigenvalue weighted by molar-refractivity contribution is 6.05. The van der Waals surface area contributed by atoms with Gasteiger partial charge in [0, 0.05) is 6.42 Å². The van der Waals surface area contributed by atoms with E-state index in [0.29, 0.717) is 6.42 Å². The Morgan fingerprint density at radius 3 is 1.33 bits per heavy atom. The number of carbonyl (C=O) groups excluding carboxylic acids is 1. The second-order valence-corrected chi connectivity index (χ2v) is 6.50. The minimum Gasteiger partial charge on any atom is -0.624 e. The molecule has 0 aliphatic rings. The predicted octanol–water partition coefficient (Wildman–Crippen LogP) is 5.61. The number of rotatable bonds is 16. The van der Waals surface area contributed by atoms with Crippen LogP contribution in [0.15, 0.2) is 0 Å². The summed E-state index contributed by atoms with van der Waals surface area (Å²) in [6.45, 7) is 2.28. The maximum atomic E-state index is 10.9. The zero-order valence-electron chi connectivity index (χ0n) is 14.3. The molecule has 0 unspecified atom stereocenters. The first-order valence-electron chi connectivity index (χ1n) is 9.26. The van der Waals surface area contributed by atoms with Gasteiger partial charge in [-0.3, -0.25) is 4.79 Å². The molecule has 0 saturated carbocycles. The van der Waals surface area contributed by atoms with E-state index in [-0.39, 0.29) is 5.97 Å². The first kappa shape index (κ1) is 21.0. The third kappa shape index (κ3) is 18.0. The largest absolute Gasteiger partial charge is 0.624 e. The van der Waals surface area contributed by atoms with E-state index in [2.05, 4.69) is 10.7 Å². The number of carbonyl (C=O) groups is 1. The summed E-state index contributed by atoms with van der Waals surface area (Å²) >= 11 is 1.28. The van der Waals surface area contributed by atoms with Crippen LogP contribution in [0, 0.1) is 0 Å². The Balaban J connectivity index is 2.98. The van der Waals surface area contributed by atoms with Crippen molar-refractivity contribution in [2.24, 2.45) is 0 Å². The van der Waals surface area contributed by atoms with Crippen LogP contribution in [0.2, 0.25) is 0 Å². The number of hydrogen-bond donors (Lipinski definition) is 0. The second kappa shape index (κ2) is 18.1. The van der Waals surface area contributed by atoms with E-state index in [0.717, 1.165) is 6.42 Å². The van der Waals surface area contributed by atoms with Crippen molar-refractivity contribution in [2.45, 2.75) is 110 Å². The van der Waals surface area contributed by atoms with Crippen LogP contribution in [0.1, 0.15) is 110 Å². The van der Waals surface area contributed by atoms with Crippen molar-refractivity contribution in [3.63, 3.8) is 0 Å². The van der Waals surface area contributed by atoms with E-state index in [9.17, 15) is 4.79 Å². The lowest BCUT2D eigenvalue weighted by Gasteiger charge is -2.03. The van der Waals surface area contributed by atoms with Crippen LogP contribution < -0.4 is 0 Å². The summed E-state index contributed by atoms with van der Waals surface area (Å²) in [6, 6.07) is 0. The molecule has 0 aromatic heterocycles. The van der Waals surface area contributed by atoms with Crippen molar-refractivity contribution in [1.82, 2.24) is 0 Å². The van der Waals surface area contributed by atoms with Crippen LogP contribution in [0.4, 0.5) is 0 Å². The maximum absolute atomic E-state index is 10.9.